The lowest BCUT2D eigenvalue weighted by Gasteiger charge is -2.04. The molecule has 0 fully saturated rings. The molecule has 0 amide bonds. The highest BCUT2D eigenvalue weighted by molar-refractivity contribution is 7.99. The van der Waals surface area contributed by atoms with E-state index < -0.39 is 0 Å². The zero-order valence-corrected chi connectivity index (χ0v) is 11.5. The molecule has 0 radical (unpaired) electrons. The molecule has 0 atom stereocenters. The Bertz CT molecular complexity index is 741. The molecule has 1 aromatic carbocycles. The summed E-state index contributed by atoms with van der Waals surface area (Å²) in [6.07, 6.45) is 2.54. The van der Waals surface area contributed by atoms with Crippen molar-refractivity contribution in [1.82, 2.24) is 14.6 Å². The molecule has 4 nitrogen and oxygen atoms in total. The van der Waals surface area contributed by atoms with Gasteiger partial charge in [0.25, 0.3) is 0 Å². The molecule has 3 rings (SSSR count). The molecule has 0 aliphatic carbocycles. The second-order valence-electron chi connectivity index (χ2n) is 4.32. The number of nitrogens with two attached hydrogens (primary N) is 1. The monoisotopic (exact) mass is 288 g/mol. The highest BCUT2D eigenvalue weighted by Gasteiger charge is 2.10. The SMILES string of the molecule is NCCc1ccc(Sc2nnc3ccccn23)c(F)c1. The van der Waals surface area contributed by atoms with Crippen LogP contribution in [0.1, 0.15) is 5.56 Å². The topological polar surface area (TPSA) is 56.2 Å². The number of halogens is 1. The molecule has 2 heterocycles. The third kappa shape index (κ3) is 2.52. The normalized spacial score (nSPS) is 11.1. The van der Waals surface area contributed by atoms with Gasteiger partial charge in [0.1, 0.15) is 5.82 Å². The minimum Gasteiger partial charge on any atom is -0.330 e. The van der Waals surface area contributed by atoms with Crippen molar-refractivity contribution in [3.63, 3.8) is 0 Å². The van der Waals surface area contributed by atoms with Crippen LogP contribution in [0, 0.1) is 5.82 Å². The van der Waals surface area contributed by atoms with Crippen LogP contribution in [0.2, 0.25) is 0 Å². The number of nitrogens with zero attached hydrogens (tertiary/aromatic N) is 3. The number of hydrogen-bond acceptors (Lipinski definition) is 4. The summed E-state index contributed by atoms with van der Waals surface area (Å²) in [5, 5.41) is 8.77. The van der Waals surface area contributed by atoms with Crippen LogP contribution in [-0.2, 0) is 6.42 Å². The first kappa shape index (κ1) is 13.1. The van der Waals surface area contributed by atoms with Crippen molar-refractivity contribution in [3.8, 4) is 0 Å². The number of hydrogen-bond donors (Lipinski definition) is 1. The maximum absolute atomic E-state index is 14.0. The van der Waals surface area contributed by atoms with E-state index in [0.717, 1.165) is 11.2 Å². The molecule has 3 aromatic rings. The standard InChI is InChI=1S/C14H13FN4S/c15-11-9-10(6-7-16)4-5-12(11)20-14-18-17-13-3-1-2-8-19(13)14/h1-5,8-9H,6-7,16H2. The van der Waals surface area contributed by atoms with E-state index in [2.05, 4.69) is 10.2 Å². The van der Waals surface area contributed by atoms with Gasteiger partial charge in [0.05, 0.1) is 4.90 Å². The Morgan fingerprint density at radius 2 is 2.10 bits per heavy atom. The molecule has 0 saturated carbocycles. The van der Waals surface area contributed by atoms with Gasteiger partial charge in [0.2, 0.25) is 5.16 Å². The van der Waals surface area contributed by atoms with Crippen molar-refractivity contribution in [1.29, 1.82) is 0 Å². The van der Waals surface area contributed by atoms with Gasteiger partial charge < -0.3 is 5.73 Å². The maximum atomic E-state index is 14.0. The summed E-state index contributed by atoms with van der Waals surface area (Å²) in [5.74, 6) is -0.256. The summed E-state index contributed by atoms with van der Waals surface area (Å²) < 4.78 is 15.9. The van der Waals surface area contributed by atoms with Crippen LogP contribution in [0.4, 0.5) is 4.39 Å². The molecule has 6 heteroatoms. The maximum Gasteiger partial charge on any atom is 0.200 e. The number of pyridine rings is 1. The van der Waals surface area contributed by atoms with Gasteiger partial charge in [-0.05, 0) is 54.6 Å². The van der Waals surface area contributed by atoms with E-state index >= 15 is 0 Å². The van der Waals surface area contributed by atoms with Crippen LogP contribution in [0.5, 0.6) is 0 Å². The summed E-state index contributed by atoms with van der Waals surface area (Å²) >= 11 is 1.26. The Morgan fingerprint density at radius 1 is 1.20 bits per heavy atom. The lowest BCUT2D eigenvalue weighted by molar-refractivity contribution is 0.599. The third-order valence-corrected chi connectivity index (χ3v) is 3.92. The predicted molar refractivity (Wildman–Crippen MR) is 76.3 cm³/mol. The summed E-state index contributed by atoms with van der Waals surface area (Å²) in [6, 6.07) is 10.8. The number of benzene rings is 1. The molecule has 102 valence electrons. The van der Waals surface area contributed by atoms with Crippen LogP contribution in [0.25, 0.3) is 5.65 Å². The van der Waals surface area contributed by atoms with Crippen LogP contribution < -0.4 is 5.73 Å². The first-order chi connectivity index (χ1) is 9.78. The van der Waals surface area contributed by atoms with Crippen LogP contribution in [-0.4, -0.2) is 21.1 Å². The van der Waals surface area contributed by atoms with Crippen LogP contribution in [0.15, 0.2) is 52.6 Å². The molecule has 20 heavy (non-hydrogen) atoms. The van der Waals surface area contributed by atoms with Gasteiger partial charge >= 0.3 is 0 Å². The van der Waals surface area contributed by atoms with Crippen molar-refractivity contribution >= 4 is 17.4 Å². The Hall–Kier alpha value is -1.92. The van der Waals surface area contributed by atoms with E-state index in [1.165, 1.54) is 17.8 Å². The van der Waals surface area contributed by atoms with Crippen molar-refractivity contribution in [2.45, 2.75) is 16.5 Å². The Kier molecular flexibility index (Phi) is 3.66. The van der Waals surface area contributed by atoms with Gasteiger partial charge in [-0.25, -0.2) is 4.39 Å². The average molecular weight is 288 g/mol. The minimum atomic E-state index is -0.256. The van der Waals surface area contributed by atoms with Crippen molar-refractivity contribution in [2.75, 3.05) is 6.54 Å². The van der Waals surface area contributed by atoms with Gasteiger partial charge in [0, 0.05) is 6.20 Å². The molecule has 0 aliphatic heterocycles. The molecule has 0 saturated heterocycles. The van der Waals surface area contributed by atoms with Crippen molar-refractivity contribution in [3.05, 3.63) is 54.0 Å². The predicted octanol–water partition coefficient (Wildman–Crippen LogP) is 2.52. The molecule has 0 bridgehead atoms. The highest BCUT2D eigenvalue weighted by Crippen LogP contribution is 2.29. The molecule has 0 spiro atoms. The van der Waals surface area contributed by atoms with E-state index in [4.69, 9.17) is 5.73 Å². The quantitative estimate of drug-likeness (QED) is 0.801. The fourth-order valence-electron chi connectivity index (χ4n) is 1.94. The average Bonchev–Trinajstić information content (AvgIpc) is 2.86. The minimum absolute atomic E-state index is 0.256. The van der Waals surface area contributed by atoms with E-state index in [0.29, 0.717) is 23.0 Å². The molecular weight excluding hydrogens is 275 g/mol. The van der Waals surface area contributed by atoms with Crippen molar-refractivity contribution in [2.24, 2.45) is 5.73 Å². The lowest BCUT2D eigenvalue weighted by Crippen LogP contribution is -2.03. The third-order valence-electron chi connectivity index (χ3n) is 2.91. The highest BCUT2D eigenvalue weighted by atomic mass is 32.2. The van der Waals surface area contributed by atoms with Gasteiger partial charge in [0.15, 0.2) is 5.65 Å². The smallest absolute Gasteiger partial charge is 0.200 e. The molecule has 2 N–H and O–H groups in total. The van der Waals surface area contributed by atoms with E-state index in [1.807, 2.05) is 34.9 Å². The summed E-state index contributed by atoms with van der Waals surface area (Å²) in [7, 11) is 0. The van der Waals surface area contributed by atoms with Gasteiger partial charge in [-0.3, -0.25) is 4.40 Å². The summed E-state index contributed by atoms with van der Waals surface area (Å²) in [4.78, 5) is 0.531. The van der Waals surface area contributed by atoms with Gasteiger partial charge in [-0.2, -0.15) is 0 Å². The van der Waals surface area contributed by atoms with E-state index in [9.17, 15) is 4.39 Å². The fraction of sp³-hybridized carbons (Fsp3) is 0.143. The van der Waals surface area contributed by atoms with Crippen molar-refractivity contribution < 1.29 is 4.39 Å². The Morgan fingerprint density at radius 3 is 2.90 bits per heavy atom. The van der Waals surface area contributed by atoms with Crippen LogP contribution >= 0.6 is 11.8 Å². The molecule has 0 aliphatic rings. The number of aromatic nitrogens is 3. The Labute approximate surface area is 119 Å². The first-order valence-electron chi connectivity index (χ1n) is 6.24. The Balaban J connectivity index is 1.91. The lowest BCUT2D eigenvalue weighted by atomic mass is 10.1. The number of rotatable bonds is 4. The first-order valence-corrected chi connectivity index (χ1v) is 7.05. The zero-order valence-electron chi connectivity index (χ0n) is 10.7. The second-order valence-corrected chi connectivity index (χ2v) is 5.33. The summed E-state index contributed by atoms with van der Waals surface area (Å²) in [5.41, 5.74) is 7.12. The van der Waals surface area contributed by atoms with E-state index in [-0.39, 0.29) is 5.82 Å². The zero-order chi connectivity index (χ0) is 13.9. The van der Waals surface area contributed by atoms with Gasteiger partial charge in [-0.15, -0.1) is 10.2 Å². The second kappa shape index (κ2) is 5.60. The van der Waals surface area contributed by atoms with Crippen LogP contribution in [0.3, 0.4) is 0 Å². The number of fused-ring (bicyclic) bond motifs is 1. The molecule has 0 unspecified atom stereocenters. The van der Waals surface area contributed by atoms with E-state index in [1.54, 1.807) is 6.07 Å². The molecule has 2 aromatic heterocycles. The van der Waals surface area contributed by atoms with Gasteiger partial charge in [-0.1, -0.05) is 12.1 Å². The molecular formula is C14H13FN4S. The largest absolute Gasteiger partial charge is 0.330 e. The fourth-order valence-corrected chi connectivity index (χ4v) is 2.76. The summed E-state index contributed by atoms with van der Waals surface area (Å²) in [6.45, 7) is 0.515.